The van der Waals surface area contributed by atoms with Gasteiger partial charge < -0.3 is 10.4 Å². The van der Waals surface area contributed by atoms with E-state index in [9.17, 15) is 5.11 Å². The normalized spacial score (nSPS) is 16.8. The van der Waals surface area contributed by atoms with E-state index in [-0.39, 0.29) is 6.04 Å². The van der Waals surface area contributed by atoms with Crippen molar-refractivity contribution in [2.45, 2.75) is 82.3 Å². The topological polar surface area (TPSA) is 32.3 Å². The molecule has 0 aliphatic carbocycles. The van der Waals surface area contributed by atoms with Gasteiger partial charge in [-0.2, -0.15) is 0 Å². The first kappa shape index (κ1) is 18.8. The number of aliphatic hydroxyl groups excluding tert-OH is 1. The molecule has 0 fully saturated rings. The number of rotatable bonds is 10. The first-order valence-corrected chi connectivity index (χ1v) is 10.4. The summed E-state index contributed by atoms with van der Waals surface area (Å²) in [6.07, 6.45) is 9.88. The molecule has 2 atom stereocenters. The Balaban J connectivity index is 1.73. The lowest BCUT2D eigenvalue weighted by molar-refractivity contribution is 0.136. The SMILES string of the molecule is CCCCCCCCN[C@H](C)[C@@H](O)c1ccc2c(c1)CCCS2. The van der Waals surface area contributed by atoms with Gasteiger partial charge in [0, 0.05) is 10.9 Å². The molecular formula is C20H33NOS. The molecule has 1 heterocycles. The highest BCUT2D eigenvalue weighted by Gasteiger charge is 2.18. The highest BCUT2D eigenvalue weighted by Crippen LogP contribution is 2.32. The molecule has 23 heavy (non-hydrogen) atoms. The van der Waals surface area contributed by atoms with Crippen LogP contribution in [0.15, 0.2) is 23.1 Å². The molecule has 0 saturated carbocycles. The van der Waals surface area contributed by atoms with Crippen molar-refractivity contribution in [3.63, 3.8) is 0 Å². The zero-order valence-corrected chi connectivity index (χ0v) is 15.6. The van der Waals surface area contributed by atoms with E-state index in [2.05, 4.69) is 37.4 Å². The molecule has 0 saturated heterocycles. The Bertz CT molecular complexity index is 463. The van der Waals surface area contributed by atoms with E-state index < -0.39 is 6.10 Å². The van der Waals surface area contributed by atoms with E-state index in [4.69, 9.17) is 0 Å². The van der Waals surface area contributed by atoms with Crippen LogP contribution in [0.25, 0.3) is 0 Å². The summed E-state index contributed by atoms with van der Waals surface area (Å²) in [5.41, 5.74) is 2.48. The predicted molar refractivity (Wildman–Crippen MR) is 101 cm³/mol. The molecule has 1 aromatic carbocycles. The van der Waals surface area contributed by atoms with E-state index in [0.717, 1.165) is 18.5 Å². The predicted octanol–water partition coefficient (Wildman–Crippen LogP) is 5.10. The highest BCUT2D eigenvalue weighted by atomic mass is 32.2. The van der Waals surface area contributed by atoms with Gasteiger partial charge in [0.1, 0.15) is 0 Å². The molecule has 1 aliphatic rings. The van der Waals surface area contributed by atoms with Crippen molar-refractivity contribution in [1.29, 1.82) is 0 Å². The van der Waals surface area contributed by atoms with Crippen molar-refractivity contribution >= 4 is 11.8 Å². The van der Waals surface area contributed by atoms with Gasteiger partial charge in [-0.25, -0.2) is 0 Å². The van der Waals surface area contributed by atoms with E-state index >= 15 is 0 Å². The highest BCUT2D eigenvalue weighted by molar-refractivity contribution is 7.99. The molecular weight excluding hydrogens is 302 g/mol. The summed E-state index contributed by atoms with van der Waals surface area (Å²) >= 11 is 1.95. The van der Waals surface area contributed by atoms with Gasteiger partial charge in [0.05, 0.1) is 6.10 Å². The van der Waals surface area contributed by atoms with E-state index in [1.807, 2.05) is 11.8 Å². The van der Waals surface area contributed by atoms with E-state index in [0.29, 0.717) is 0 Å². The Kier molecular flexibility index (Phi) is 8.49. The van der Waals surface area contributed by atoms with Gasteiger partial charge in [-0.05, 0) is 55.7 Å². The third-order valence-electron chi connectivity index (χ3n) is 4.74. The summed E-state index contributed by atoms with van der Waals surface area (Å²) in [6.45, 7) is 5.35. The first-order chi connectivity index (χ1) is 11.2. The molecule has 2 nitrogen and oxygen atoms in total. The third-order valence-corrected chi connectivity index (χ3v) is 5.95. The Morgan fingerprint density at radius 3 is 2.78 bits per heavy atom. The molecule has 2 rings (SSSR count). The van der Waals surface area contributed by atoms with Crippen molar-refractivity contribution < 1.29 is 5.11 Å². The summed E-state index contributed by atoms with van der Waals surface area (Å²) in [7, 11) is 0. The van der Waals surface area contributed by atoms with Crippen LogP contribution in [0.4, 0.5) is 0 Å². The maximum atomic E-state index is 10.6. The summed E-state index contributed by atoms with van der Waals surface area (Å²) < 4.78 is 0. The molecule has 1 aromatic rings. The number of benzene rings is 1. The number of aryl methyl sites for hydroxylation is 1. The standard InChI is InChI=1S/C20H33NOS/c1-3-4-5-6-7-8-13-21-16(2)20(22)18-11-12-19-17(15-18)10-9-14-23-19/h11-12,15-16,20-22H,3-10,13-14H2,1-2H3/t16-,20-/m1/s1. The smallest absolute Gasteiger partial charge is 0.0940 e. The van der Waals surface area contributed by atoms with Crippen LogP contribution in [-0.2, 0) is 6.42 Å². The summed E-state index contributed by atoms with van der Waals surface area (Å²) in [5, 5.41) is 14.1. The average Bonchev–Trinajstić information content (AvgIpc) is 2.59. The van der Waals surface area contributed by atoms with Crippen LogP contribution >= 0.6 is 11.8 Å². The Morgan fingerprint density at radius 2 is 1.96 bits per heavy atom. The monoisotopic (exact) mass is 335 g/mol. The van der Waals surface area contributed by atoms with Crippen LogP contribution in [0.1, 0.15) is 76.0 Å². The molecule has 0 bridgehead atoms. The van der Waals surface area contributed by atoms with Crippen molar-refractivity contribution in [1.82, 2.24) is 5.32 Å². The van der Waals surface area contributed by atoms with Crippen LogP contribution in [0, 0.1) is 0 Å². The molecule has 0 spiro atoms. The molecule has 0 radical (unpaired) electrons. The molecule has 3 heteroatoms. The van der Waals surface area contributed by atoms with Gasteiger partial charge in [-0.15, -0.1) is 11.8 Å². The minimum atomic E-state index is -0.410. The maximum absolute atomic E-state index is 10.6. The van der Waals surface area contributed by atoms with Gasteiger partial charge >= 0.3 is 0 Å². The largest absolute Gasteiger partial charge is 0.387 e. The number of fused-ring (bicyclic) bond motifs is 1. The lowest BCUT2D eigenvalue weighted by Gasteiger charge is -2.23. The summed E-state index contributed by atoms with van der Waals surface area (Å²) in [5.74, 6) is 1.23. The Morgan fingerprint density at radius 1 is 1.17 bits per heavy atom. The zero-order chi connectivity index (χ0) is 16.5. The fourth-order valence-electron chi connectivity index (χ4n) is 3.20. The first-order valence-electron chi connectivity index (χ1n) is 9.39. The fourth-order valence-corrected chi connectivity index (χ4v) is 4.22. The summed E-state index contributed by atoms with van der Waals surface area (Å²) in [6, 6.07) is 6.62. The van der Waals surface area contributed by atoms with Gasteiger partial charge in [0.2, 0.25) is 0 Å². The Hall–Kier alpha value is -0.510. The van der Waals surface area contributed by atoms with Crippen molar-refractivity contribution in [2.24, 2.45) is 0 Å². The summed E-state index contributed by atoms with van der Waals surface area (Å²) in [4.78, 5) is 1.40. The van der Waals surface area contributed by atoms with Crippen LogP contribution in [0.5, 0.6) is 0 Å². The number of hydrogen-bond donors (Lipinski definition) is 2. The van der Waals surface area contributed by atoms with Crippen LogP contribution < -0.4 is 5.32 Å². The van der Waals surface area contributed by atoms with Crippen LogP contribution in [0.3, 0.4) is 0 Å². The third kappa shape index (κ3) is 6.13. The second-order valence-electron chi connectivity index (χ2n) is 6.77. The number of nitrogens with one attached hydrogen (secondary N) is 1. The number of aliphatic hydroxyl groups is 1. The lowest BCUT2D eigenvalue weighted by Crippen LogP contribution is -2.33. The Labute approximate surface area is 146 Å². The molecule has 1 aliphatic heterocycles. The van der Waals surface area contributed by atoms with Gasteiger partial charge in [0.15, 0.2) is 0 Å². The minimum absolute atomic E-state index is 0.111. The molecule has 0 unspecified atom stereocenters. The van der Waals surface area contributed by atoms with E-state index in [1.165, 1.54) is 61.2 Å². The van der Waals surface area contributed by atoms with Crippen molar-refractivity contribution in [3.8, 4) is 0 Å². The maximum Gasteiger partial charge on any atom is 0.0940 e. The van der Waals surface area contributed by atoms with Crippen molar-refractivity contribution in [3.05, 3.63) is 29.3 Å². The average molecular weight is 336 g/mol. The quantitative estimate of drug-likeness (QED) is 0.584. The van der Waals surface area contributed by atoms with Gasteiger partial charge in [-0.1, -0.05) is 51.2 Å². The number of thioether (sulfide) groups is 1. The second-order valence-corrected chi connectivity index (χ2v) is 7.91. The number of hydrogen-bond acceptors (Lipinski definition) is 3. The number of unbranched alkanes of at least 4 members (excludes halogenated alkanes) is 5. The van der Waals surface area contributed by atoms with Crippen LogP contribution in [-0.4, -0.2) is 23.4 Å². The minimum Gasteiger partial charge on any atom is -0.387 e. The molecule has 0 aromatic heterocycles. The molecule has 2 N–H and O–H groups in total. The van der Waals surface area contributed by atoms with Gasteiger partial charge in [-0.3, -0.25) is 0 Å². The second kappa shape index (κ2) is 10.4. The lowest BCUT2D eigenvalue weighted by atomic mass is 9.99. The molecule has 130 valence electrons. The fraction of sp³-hybridized carbons (Fsp3) is 0.700. The van der Waals surface area contributed by atoms with Crippen LogP contribution in [0.2, 0.25) is 0 Å². The van der Waals surface area contributed by atoms with Crippen molar-refractivity contribution in [2.75, 3.05) is 12.3 Å². The molecule has 0 amide bonds. The van der Waals surface area contributed by atoms with E-state index in [1.54, 1.807) is 0 Å². The van der Waals surface area contributed by atoms with Gasteiger partial charge in [0.25, 0.3) is 0 Å². The zero-order valence-electron chi connectivity index (χ0n) is 14.8.